The van der Waals surface area contributed by atoms with E-state index in [0.717, 1.165) is 5.75 Å². The number of hydrogen-bond acceptors (Lipinski definition) is 3. The minimum Gasteiger partial charge on any atom is -0.491 e. The van der Waals surface area contributed by atoms with Crippen molar-refractivity contribution in [3.8, 4) is 5.75 Å². The number of para-hydroxylation sites is 1. The Labute approximate surface area is 120 Å². The van der Waals surface area contributed by atoms with Crippen molar-refractivity contribution in [1.29, 1.82) is 0 Å². The summed E-state index contributed by atoms with van der Waals surface area (Å²) in [7, 11) is 0. The van der Waals surface area contributed by atoms with Crippen LogP contribution in [0.4, 0.5) is 0 Å². The number of amides is 1. The Hall–Kier alpha value is -1.55. The number of ether oxygens (including phenoxy) is 2. The van der Waals surface area contributed by atoms with E-state index in [4.69, 9.17) is 9.47 Å². The van der Waals surface area contributed by atoms with Crippen LogP contribution in [0.2, 0.25) is 0 Å². The van der Waals surface area contributed by atoms with Crippen LogP contribution < -0.4 is 10.1 Å². The Morgan fingerprint density at radius 2 is 2.00 bits per heavy atom. The average molecular weight is 277 g/mol. The SMILES string of the molecule is C[C@@H](COc1ccccc1)NC(=O)[C@@H](C)OCC1CC1. The van der Waals surface area contributed by atoms with E-state index in [1.54, 1.807) is 6.92 Å². The number of hydrogen-bond donors (Lipinski definition) is 1. The Balaban J connectivity index is 1.64. The van der Waals surface area contributed by atoms with Crippen LogP contribution in [0.5, 0.6) is 5.75 Å². The third-order valence-corrected chi connectivity index (χ3v) is 3.28. The molecule has 0 aromatic heterocycles. The molecule has 1 N–H and O–H groups in total. The van der Waals surface area contributed by atoms with Crippen molar-refractivity contribution >= 4 is 5.91 Å². The van der Waals surface area contributed by atoms with E-state index < -0.39 is 6.10 Å². The van der Waals surface area contributed by atoms with E-state index in [0.29, 0.717) is 19.1 Å². The van der Waals surface area contributed by atoms with Gasteiger partial charge in [0.2, 0.25) is 5.91 Å². The lowest BCUT2D eigenvalue weighted by atomic mass is 10.3. The quantitative estimate of drug-likeness (QED) is 0.793. The predicted octanol–water partition coefficient (Wildman–Crippen LogP) is 2.39. The molecule has 1 aliphatic carbocycles. The first-order valence-electron chi connectivity index (χ1n) is 7.25. The van der Waals surface area contributed by atoms with Crippen LogP contribution in [0, 0.1) is 5.92 Å². The molecule has 20 heavy (non-hydrogen) atoms. The van der Waals surface area contributed by atoms with E-state index in [9.17, 15) is 4.79 Å². The van der Waals surface area contributed by atoms with Crippen LogP contribution in [0.1, 0.15) is 26.7 Å². The van der Waals surface area contributed by atoms with E-state index in [2.05, 4.69) is 5.32 Å². The molecule has 110 valence electrons. The highest BCUT2D eigenvalue weighted by atomic mass is 16.5. The molecule has 1 aromatic rings. The molecule has 2 rings (SSSR count). The fraction of sp³-hybridized carbons (Fsp3) is 0.562. The monoisotopic (exact) mass is 277 g/mol. The zero-order valence-electron chi connectivity index (χ0n) is 12.2. The smallest absolute Gasteiger partial charge is 0.249 e. The van der Waals surface area contributed by atoms with E-state index in [-0.39, 0.29) is 11.9 Å². The maximum Gasteiger partial charge on any atom is 0.249 e. The maximum atomic E-state index is 11.9. The molecular formula is C16H23NO3. The Bertz CT molecular complexity index is 417. The number of rotatable bonds is 8. The summed E-state index contributed by atoms with van der Waals surface area (Å²) in [5.74, 6) is 1.41. The molecule has 1 fully saturated rings. The van der Waals surface area contributed by atoms with Gasteiger partial charge < -0.3 is 14.8 Å². The Morgan fingerprint density at radius 3 is 2.65 bits per heavy atom. The Morgan fingerprint density at radius 1 is 1.30 bits per heavy atom. The first kappa shape index (κ1) is 14.9. The molecule has 0 bridgehead atoms. The molecule has 0 spiro atoms. The fourth-order valence-electron chi connectivity index (χ4n) is 1.78. The van der Waals surface area contributed by atoms with Gasteiger partial charge in [-0.1, -0.05) is 18.2 Å². The number of carbonyl (C=O) groups is 1. The maximum absolute atomic E-state index is 11.9. The first-order valence-corrected chi connectivity index (χ1v) is 7.25. The topological polar surface area (TPSA) is 47.6 Å². The third kappa shape index (κ3) is 5.21. The predicted molar refractivity (Wildman–Crippen MR) is 77.7 cm³/mol. The lowest BCUT2D eigenvalue weighted by Gasteiger charge is -2.18. The van der Waals surface area contributed by atoms with Gasteiger partial charge in [-0.25, -0.2) is 0 Å². The van der Waals surface area contributed by atoms with Crippen LogP contribution in [0.3, 0.4) is 0 Å². The first-order chi connectivity index (χ1) is 9.65. The van der Waals surface area contributed by atoms with Gasteiger partial charge in [0.1, 0.15) is 18.5 Å². The summed E-state index contributed by atoms with van der Waals surface area (Å²) in [6.45, 7) is 4.87. The molecular weight excluding hydrogens is 254 g/mol. The fourth-order valence-corrected chi connectivity index (χ4v) is 1.78. The zero-order chi connectivity index (χ0) is 14.4. The highest BCUT2D eigenvalue weighted by Crippen LogP contribution is 2.29. The van der Waals surface area contributed by atoms with Crippen LogP contribution in [-0.4, -0.2) is 31.3 Å². The molecule has 0 unspecified atom stereocenters. The van der Waals surface area contributed by atoms with Gasteiger partial charge in [-0.3, -0.25) is 4.79 Å². The van der Waals surface area contributed by atoms with Gasteiger partial charge in [-0.15, -0.1) is 0 Å². The number of nitrogens with one attached hydrogen (secondary N) is 1. The van der Waals surface area contributed by atoms with Crippen molar-refractivity contribution in [3.05, 3.63) is 30.3 Å². The lowest BCUT2D eigenvalue weighted by molar-refractivity contribution is -0.132. The van der Waals surface area contributed by atoms with Crippen molar-refractivity contribution in [1.82, 2.24) is 5.32 Å². The summed E-state index contributed by atoms with van der Waals surface area (Å²) in [5, 5.41) is 2.91. The van der Waals surface area contributed by atoms with Crippen LogP contribution >= 0.6 is 0 Å². The highest BCUT2D eigenvalue weighted by Gasteiger charge is 2.24. The molecule has 1 amide bonds. The standard InChI is InChI=1S/C16H23NO3/c1-12(10-20-15-6-4-3-5-7-15)17-16(18)13(2)19-11-14-8-9-14/h3-7,12-14H,8-11H2,1-2H3,(H,17,18)/t12-,13+/m0/s1. The van der Waals surface area contributed by atoms with E-state index in [1.807, 2.05) is 37.3 Å². The second-order valence-corrected chi connectivity index (χ2v) is 5.45. The van der Waals surface area contributed by atoms with Crippen LogP contribution in [0.15, 0.2) is 30.3 Å². The minimum absolute atomic E-state index is 0.0466. The normalized spacial score (nSPS) is 17.3. The van der Waals surface area contributed by atoms with Gasteiger partial charge in [0.15, 0.2) is 0 Å². The second kappa shape index (κ2) is 7.29. The molecule has 4 nitrogen and oxygen atoms in total. The Kier molecular flexibility index (Phi) is 5.41. The highest BCUT2D eigenvalue weighted by molar-refractivity contribution is 5.80. The molecule has 1 saturated carbocycles. The van der Waals surface area contributed by atoms with Crippen molar-refractivity contribution in [3.63, 3.8) is 0 Å². The molecule has 0 radical (unpaired) electrons. The number of benzene rings is 1. The van der Waals surface area contributed by atoms with Crippen molar-refractivity contribution in [2.24, 2.45) is 5.92 Å². The lowest BCUT2D eigenvalue weighted by Crippen LogP contribution is -2.42. The van der Waals surface area contributed by atoms with Gasteiger partial charge in [0.25, 0.3) is 0 Å². The second-order valence-electron chi connectivity index (χ2n) is 5.45. The third-order valence-electron chi connectivity index (χ3n) is 3.28. The average Bonchev–Trinajstić information content (AvgIpc) is 3.28. The van der Waals surface area contributed by atoms with Gasteiger partial charge in [-0.05, 0) is 44.7 Å². The van der Waals surface area contributed by atoms with Crippen molar-refractivity contribution < 1.29 is 14.3 Å². The molecule has 0 saturated heterocycles. The van der Waals surface area contributed by atoms with Crippen molar-refractivity contribution in [2.75, 3.05) is 13.2 Å². The van der Waals surface area contributed by atoms with Gasteiger partial charge in [-0.2, -0.15) is 0 Å². The molecule has 0 heterocycles. The summed E-state index contributed by atoms with van der Waals surface area (Å²) >= 11 is 0. The summed E-state index contributed by atoms with van der Waals surface area (Å²) < 4.78 is 11.1. The van der Waals surface area contributed by atoms with E-state index >= 15 is 0 Å². The van der Waals surface area contributed by atoms with E-state index in [1.165, 1.54) is 12.8 Å². The van der Waals surface area contributed by atoms with Gasteiger partial charge >= 0.3 is 0 Å². The molecule has 2 atom stereocenters. The summed E-state index contributed by atoms with van der Waals surface area (Å²) in [4.78, 5) is 11.9. The van der Waals surface area contributed by atoms with Gasteiger partial charge in [0, 0.05) is 0 Å². The molecule has 1 aliphatic rings. The summed E-state index contributed by atoms with van der Waals surface area (Å²) in [6, 6.07) is 9.54. The van der Waals surface area contributed by atoms with Gasteiger partial charge in [0.05, 0.1) is 12.6 Å². The van der Waals surface area contributed by atoms with Crippen LogP contribution in [-0.2, 0) is 9.53 Å². The number of carbonyl (C=O) groups excluding carboxylic acids is 1. The summed E-state index contributed by atoms with van der Waals surface area (Å²) in [6.07, 6.45) is 2.07. The largest absolute Gasteiger partial charge is 0.491 e. The molecule has 1 aromatic carbocycles. The minimum atomic E-state index is -0.394. The molecule has 0 aliphatic heterocycles. The molecule has 4 heteroatoms. The summed E-state index contributed by atoms with van der Waals surface area (Å²) in [5.41, 5.74) is 0. The van der Waals surface area contributed by atoms with Crippen molar-refractivity contribution in [2.45, 2.75) is 38.8 Å². The zero-order valence-corrected chi connectivity index (χ0v) is 12.2. The van der Waals surface area contributed by atoms with Crippen LogP contribution in [0.25, 0.3) is 0 Å².